The summed E-state index contributed by atoms with van der Waals surface area (Å²) in [5, 5.41) is 0. The first kappa shape index (κ1) is 18.4. The molecular weight excluding hydrogens is 320 g/mol. The number of allylic oxidation sites excluding steroid dienone is 2. The number of ketones is 2. The van der Waals surface area contributed by atoms with E-state index in [2.05, 4.69) is 33.8 Å². The molecule has 0 spiro atoms. The van der Waals surface area contributed by atoms with E-state index in [-0.39, 0.29) is 16.7 Å². The molecule has 7 atom stereocenters. The monoisotopic (exact) mass is 356 g/mol. The van der Waals surface area contributed by atoms with E-state index in [4.69, 9.17) is 0 Å². The van der Waals surface area contributed by atoms with Gasteiger partial charge in [0, 0.05) is 25.2 Å². The number of fused-ring (bicyclic) bond motifs is 5. The standard InChI is InChI=1S/C24H36O2/c1-5-6-21(26)22-15(2)13-20-18-8-7-16-14-17(25)9-11-23(16,3)19(18)10-12-24(20,22)4/h10,15-16,18,20,22H,5-9,11-14H2,1-4H3/t15-,16?,18?,20?,22+,23-,24-/m0/s1. The summed E-state index contributed by atoms with van der Waals surface area (Å²) >= 11 is 0. The van der Waals surface area contributed by atoms with Crippen molar-refractivity contribution in [1.82, 2.24) is 0 Å². The molecule has 0 aromatic heterocycles. The second kappa shape index (κ2) is 6.31. The Balaban J connectivity index is 1.67. The first-order valence-electron chi connectivity index (χ1n) is 11.1. The van der Waals surface area contributed by atoms with Gasteiger partial charge in [-0.05, 0) is 73.0 Å². The minimum atomic E-state index is 0.160. The van der Waals surface area contributed by atoms with Crippen LogP contribution in [0.3, 0.4) is 0 Å². The number of rotatable bonds is 3. The molecule has 0 amide bonds. The van der Waals surface area contributed by atoms with Crippen LogP contribution in [0.5, 0.6) is 0 Å². The zero-order valence-electron chi connectivity index (χ0n) is 17.1. The lowest BCUT2D eigenvalue weighted by molar-refractivity contribution is -0.129. The first-order valence-corrected chi connectivity index (χ1v) is 11.1. The fourth-order valence-corrected chi connectivity index (χ4v) is 7.77. The Labute approximate surface area is 159 Å². The van der Waals surface area contributed by atoms with Gasteiger partial charge in [0.1, 0.15) is 11.6 Å². The molecule has 4 rings (SSSR count). The molecule has 0 bridgehead atoms. The molecule has 144 valence electrons. The van der Waals surface area contributed by atoms with Crippen molar-refractivity contribution in [1.29, 1.82) is 0 Å². The van der Waals surface area contributed by atoms with Crippen molar-refractivity contribution in [2.75, 3.05) is 0 Å². The van der Waals surface area contributed by atoms with E-state index in [0.717, 1.165) is 38.5 Å². The van der Waals surface area contributed by atoms with Crippen LogP contribution in [-0.4, -0.2) is 11.6 Å². The predicted octanol–water partition coefficient (Wildman–Crippen LogP) is 5.75. The summed E-state index contributed by atoms with van der Waals surface area (Å²) in [5.41, 5.74) is 2.08. The van der Waals surface area contributed by atoms with E-state index < -0.39 is 0 Å². The fourth-order valence-electron chi connectivity index (χ4n) is 7.77. The maximum Gasteiger partial charge on any atom is 0.136 e. The summed E-state index contributed by atoms with van der Waals surface area (Å²) in [4.78, 5) is 25.0. The van der Waals surface area contributed by atoms with Crippen LogP contribution in [-0.2, 0) is 9.59 Å². The largest absolute Gasteiger partial charge is 0.300 e. The van der Waals surface area contributed by atoms with Crippen LogP contribution in [0.1, 0.15) is 85.5 Å². The Kier molecular flexibility index (Phi) is 4.48. The van der Waals surface area contributed by atoms with Crippen LogP contribution in [0, 0.1) is 40.4 Å². The number of hydrogen-bond acceptors (Lipinski definition) is 2. The first-order chi connectivity index (χ1) is 12.3. The number of Topliss-reactive ketones (excluding diaryl/α,β-unsaturated/α-hetero) is 2. The van der Waals surface area contributed by atoms with E-state index in [0.29, 0.717) is 35.2 Å². The minimum Gasteiger partial charge on any atom is -0.300 e. The van der Waals surface area contributed by atoms with Crippen molar-refractivity contribution in [3.05, 3.63) is 11.6 Å². The normalized spacial score (nSPS) is 47.6. The van der Waals surface area contributed by atoms with Crippen molar-refractivity contribution < 1.29 is 9.59 Å². The lowest BCUT2D eigenvalue weighted by Gasteiger charge is -2.55. The molecule has 0 saturated heterocycles. The SMILES string of the molecule is CCCC(=O)[C@H]1[C@@H](C)CC2C3CCC4CC(=O)CC[C@]4(C)C3=CC[C@@]21C. The molecular formula is C24H36O2. The summed E-state index contributed by atoms with van der Waals surface area (Å²) in [6, 6.07) is 0. The van der Waals surface area contributed by atoms with Crippen molar-refractivity contribution in [2.45, 2.75) is 85.5 Å². The number of carbonyl (C=O) groups is 2. The van der Waals surface area contributed by atoms with Gasteiger partial charge < -0.3 is 0 Å². The molecule has 0 aromatic carbocycles. The maximum absolute atomic E-state index is 12.9. The highest BCUT2D eigenvalue weighted by molar-refractivity contribution is 5.82. The lowest BCUT2D eigenvalue weighted by Crippen LogP contribution is -2.48. The van der Waals surface area contributed by atoms with Gasteiger partial charge >= 0.3 is 0 Å². The average Bonchev–Trinajstić information content (AvgIpc) is 2.86. The summed E-state index contributed by atoms with van der Waals surface area (Å²) in [6.45, 7) is 9.32. The van der Waals surface area contributed by atoms with Crippen LogP contribution >= 0.6 is 0 Å². The highest BCUT2D eigenvalue weighted by atomic mass is 16.1. The molecule has 3 unspecified atom stereocenters. The Bertz CT molecular complexity index is 647. The van der Waals surface area contributed by atoms with Crippen molar-refractivity contribution in [3.8, 4) is 0 Å². The van der Waals surface area contributed by atoms with Crippen molar-refractivity contribution >= 4 is 11.6 Å². The summed E-state index contributed by atoms with van der Waals surface area (Å²) < 4.78 is 0. The van der Waals surface area contributed by atoms with E-state index in [1.54, 1.807) is 5.57 Å². The minimum absolute atomic E-state index is 0.160. The van der Waals surface area contributed by atoms with Gasteiger partial charge in [0.25, 0.3) is 0 Å². The average molecular weight is 357 g/mol. The molecule has 3 fully saturated rings. The predicted molar refractivity (Wildman–Crippen MR) is 105 cm³/mol. The van der Waals surface area contributed by atoms with Gasteiger partial charge in [-0.15, -0.1) is 0 Å². The van der Waals surface area contributed by atoms with E-state index in [1.807, 2.05) is 0 Å². The van der Waals surface area contributed by atoms with E-state index >= 15 is 0 Å². The molecule has 3 saturated carbocycles. The number of carbonyl (C=O) groups excluding carboxylic acids is 2. The highest BCUT2D eigenvalue weighted by Crippen LogP contribution is 2.66. The zero-order valence-corrected chi connectivity index (χ0v) is 17.1. The quantitative estimate of drug-likeness (QED) is 0.603. The van der Waals surface area contributed by atoms with Gasteiger partial charge in [0.2, 0.25) is 0 Å². The van der Waals surface area contributed by atoms with Gasteiger partial charge in [-0.1, -0.05) is 39.3 Å². The molecule has 2 nitrogen and oxygen atoms in total. The maximum atomic E-state index is 12.9. The van der Waals surface area contributed by atoms with Gasteiger partial charge in [-0.25, -0.2) is 0 Å². The van der Waals surface area contributed by atoms with Crippen LogP contribution in [0.25, 0.3) is 0 Å². The van der Waals surface area contributed by atoms with Gasteiger partial charge in [-0.2, -0.15) is 0 Å². The molecule has 4 aliphatic carbocycles. The van der Waals surface area contributed by atoms with Gasteiger partial charge in [0.05, 0.1) is 0 Å². The third-order valence-corrected chi connectivity index (χ3v) is 9.03. The summed E-state index contributed by atoms with van der Waals surface area (Å²) in [7, 11) is 0. The topological polar surface area (TPSA) is 34.1 Å². The Morgan fingerprint density at radius 2 is 2.04 bits per heavy atom. The van der Waals surface area contributed by atoms with Crippen LogP contribution in [0.2, 0.25) is 0 Å². The Morgan fingerprint density at radius 3 is 2.77 bits per heavy atom. The fraction of sp³-hybridized carbons (Fsp3) is 0.833. The smallest absolute Gasteiger partial charge is 0.136 e. The molecule has 26 heavy (non-hydrogen) atoms. The van der Waals surface area contributed by atoms with E-state index in [9.17, 15) is 9.59 Å². The molecule has 0 aromatic rings. The second-order valence-electron chi connectivity index (χ2n) is 10.4. The Hall–Kier alpha value is -0.920. The Morgan fingerprint density at radius 1 is 1.27 bits per heavy atom. The molecule has 0 N–H and O–H groups in total. The molecule has 2 heteroatoms. The van der Waals surface area contributed by atoms with Crippen molar-refractivity contribution in [2.24, 2.45) is 40.4 Å². The van der Waals surface area contributed by atoms with Crippen LogP contribution in [0.4, 0.5) is 0 Å². The summed E-state index contributed by atoms with van der Waals surface area (Å²) in [5.74, 6) is 3.66. The third-order valence-electron chi connectivity index (χ3n) is 9.03. The van der Waals surface area contributed by atoms with E-state index in [1.165, 1.54) is 19.3 Å². The molecule has 0 radical (unpaired) electrons. The van der Waals surface area contributed by atoms with Crippen molar-refractivity contribution in [3.63, 3.8) is 0 Å². The highest BCUT2D eigenvalue weighted by Gasteiger charge is 2.60. The van der Waals surface area contributed by atoms with Gasteiger partial charge in [-0.3, -0.25) is 9.59 Å². The third kappa shape index (κ3) is 2.50. The number of hydrogen-bond donors (Lipinski definition) is 0. The lowest BCUT2D eigenvalue weighted by atomic mass is 9.48. The van der Waals surface area contributed by atoms with Crippen LogP contribution < -0.4 is 0 Å². The van der Waals surface area contributed by atoms with Crippen LogP contribution in [0.15, 0.2) is 11.6 Å². The molecule has 0 aliphatic heterocycles. The molecule has 0 heterocycles. The summed E-state index contributed by atoms with van der Waals surface area (Å²) in [6.07, 6.45) is 11.6. The van der Waals surface area contributed by atoms with Gasteiger partial charge in [0.15, 0.2) is 0 Å². The molecule has 4 aliphatic rings. The second-order valence-corrected chi connectivity index (χ2v) is 10.4. The zero-order chi connectivity index (χ0) is 18.7.